The maximum Gasteiger partial charge on any atom is 0.320 e. The average Bonchev–Trinajstić information content (AvgIpc) is 2.85. The summed E-state index contributed by atoms with van der Waals surface area (Å²) >= 11 is 6.02. The first-order chi connectivity index (χ1) is 9.08. The van der Waals surface area contributed by atoms with Gasteiger partial charge >= 0.3 is 5.97 Å². The van der Waals surface area contributed by atoms with Crippen LogP contribution in [0.5, 0.6) is 0 Å². The molecule has 0 aliphatic rings. The molecule has 0 radical (unpaired) electrons. The van der Waals surface area contributed by atoms with E-state index in [2.05, 4.69) is 15.5 Å². The van der Waals surface area contributed by atoms with Crippen LogP contribution in [0.1, 0.15) is 12.8 Å². The van der Waals surface area contributed by atoms with Crippen LogP contribution in [0.4, 0.5) is 0 Å². The molecular formula is C12H12ClN3O3. The molecule has 1 aromatic heterocycles. The van der Waals surface area contributed by atoms with Gasteiger partial charge in [-0.3, -0.25) is 10.1 Å². The summed E-state index contributed by atoms with van der Waals surface area (Å²) in [4.78, 5) is 10.6. The number of hydrogen-bond donors (Lipinski definition) is 2. The summed E-state index contributed by atoms with van der Waals surface area (Å²) in [6.45, 7) is 1.72. The molecule has 6 nitrogen and oxygen atoms in total. The van der Waals surface area contributed by atoms with E-state index in [1.54, 1.807) is 18.2 Å². The lowest BCUT2D eigenvalue weighted by Crippen LogP contribution is -2.33. The van der Waals surface area contributed by atoms with E-state index in [9.17, 15) is 4.79 Å². The van der Waals surface area contributed by atoms with Crippen LogP contribution in [0.15, 0.2) is 28.7 Å². The summed E-state index contributed by atoms with van der Waals surface area (Å²) < 4.78 is 5.42. The summed E-state index contributed by atoms with van der Waals surface area (Å²) in [6.07, 6.45) is 0. The number of nitrogens with one attached hydrogen (secondary N) is 1. The van der Waals surface area contributed by atoms with Crippen molar-refractivity contribution >= 4 is 17.6 Å². The number of aromatic nitrogens is 2. The molecule has 1 heterocycles. The minimum absolute atomic E-state index is 0.185. The Kier molecular flexibility index (Phi) is 4.13. The summed E-state index contributed by atoms with van der Waals surface area (Å²) in [7, 11) is 0. The topological polar surface area (TPSA) is 88.3 Å². The predicted molar refractivity (Wildman–Crippen MR) is 68.7 cm³/mol. The largest absolute Gasteiger partial charge is 0.480 e. The maximum atomic E-state index is 10.6. The van der Waals surface area contributed by atoms with Gasteiger partial charge in [-0.25, -0.2) is 0 Å². The second-order valence-corrected chi connectivity index (χ2v) is 4.33. The highest BCUT2D eigenvalue weighted by molar-refractivity contribution is 6.33. The maximum absolute atomic E-state index is 10.6. The molecule has 2 N–H and O–H groups in total. The van der Waals surface area contributed by atoms with Crippen molar-refractivity contribution < 1.29 is 14.3 Å². The van der Waals surface area contributed by atoms with Crippen molar-refractivity contribution in [2.45, 2.75) is 19.5 Å². The molecule has 1 aromatic carbocycles. The molecule has 0 spiro atoms. The molecule has 19 heavy (non-hydrogen) atoms. The van der Waals surface area contributed by atoms with Gasteiger partial charge in [-0.05, 0) is 19.1 Å². The number of carboxylic acid groups (broad SMARTS) is 1. The van der Waals surface area contributed by atoms with Crippen LogP contribution in [0.3, 0.4) is 0 Å². The Labute approximate surface area is 114 Å². The van der Waals surface area contributed by atoms with Crippen LogP contribution in [-0.4, -0.2) is 27.3 Å². The van der Waals surface area contributed by atoms with Gasteiger partial charge in [0.15, 0.2) is 0 Å². The smallest absolute Gasteiger partial charge is 0.320 e. The number of rotatable bonds is 5. The Morgan fingerprint density at radius 1 is 1.47 bits per heavy atom. The zero-order valence-corrected chi connectivity index (χ0v) is 10.9. The Morgan fingerprint density at radius 3 is 2.89 bits per heavy atom. The molecule has 7 heteroatoms. The van der Waals surface area contributed by atoms with Gasteiger partial charge in [-0.1, -0.05) is 23.7 Å². The third kappa shape index (κ3) is 3.30. The van der Waals surface area contributed by atoms with E-state index in [-0.39, 0.29) is 6.54 Å². The van der Waals surface area contributed by atoms with Crippen LogP contribution >= 0.6 is 11.6 Å². The average molecular weight is 282 g/mol. The fraction of sp³-hybridized carbons (Fsp3) is 0.250. The van der Waals surface area contributed by atoms with Crippen LogP contribution in [0.25, 0.3) is 11.5 Å². The van der Waals surface area contributed by atoms with E-state index < -0.39 is 12.0 Å². The number of halogens is 1. The molecule has 0 aliphatic heterocycles. The second-order valence-electron chi connectivity index (χ2n) is 3.92. The Hall–Kier alpha value is -1.92. The molecule has 2 aromatic rings. The molecule has 0 saturated heterocycles. The fourth-order valence-corrected chi connectivity index (χ4v) is 1.61. The van der Waals surface area contributed by atoms with Gasteiger partial charge in [0.25, 0.3) is 0 Å². The molecular weight excluding hydrogens is 270 g/mol. The van der Waals surface area contributed by atoms with E-state index in [0.29, 0.717) is 22.4 Å². The minimum atomic E-state index is -0.939. The molecule has 0 fully saturated rings. The lowest BCUT2D eigenvalue weighted by Gasteiger charge is -2.05. The lowest BCUT2D eigenvalue weighted by atomic mass is 10.2. The summed E-state index contributed by atoms with van der Waals surface area (Å²) in [6, 6.07) is 6.43. The van der Waals surface area contributed by atoms with Crippen LogP contribution < -0.4 is 5.32 Å². The normalized spacial score (nSPS) is 12.3. The first-order valence-corrected chi connectivity index (χ1v) is 5.99. The SMILES string of the molecule is C[C@H](NCc1nnc(-c2ccccc2Cl)o1)C(=O)O. The Balaban J connectivity index is 2.08. The van der Waals surface area contributed by atoms with Crippen molar-refractivity contribution in [3.8, 4) is 11.5 Å². The molecule has 0 unspecified atom stereocenters. The van der Waals surface area contributed by atoms with Crippen LogP contribution in [0.2, 0.25) is 5.02 Å². The van der Waals surface area contributed by atoms with Gasteiger partial charge in [-0.2, -0.15) is 0 Å². The van der Waals surface area contributed by atoms with Gasteiger partial charge < -0.3 is 9.52 Å². The molecule has 2 rings (SSSR count). The standard InChI is InChI=1S/C12H12ClN3O3/c1-7(12(17)18)14-6-10-15-16-11(19-10)8-4-2-3-5-9(8)13/h2-5,7,14H,6H2,1H3,(H,17,18)/t7-/m0/s1. The van der Waals surface area contributed by atoms with Crippen molar-refractivity contribution in [2.75, 3.05) is 0 Å². The molecule has 0 saturated carbocycles. The molecule has 1 atom stereocenters. The monoisotopic (exact) mass is 281 g/mol. The number of nitrogens with zero attached hydrogens (tertiary/aromatic N) is 2. The minimum Gasteiger partial charge on any atom is -0.480 e. The number of carboxylic acids is 1. The van der Waals surface area contributed by atoms with Crippen LogP contribution in [-0.2, 0) is 11.3 Å². The van der Waals surface area contributed by atoms with Gasteiger partial charge in [0.1, 0.15) is 6.04 Å². The van der Waals surface area contributed by atoms with Crippen molar-refractivity contribution in [3.63, 3.8) is 0 Å². The van der Waals surface area contributed by atoms with Crippen molar-refractivity contribution in [1.82, 2.24) is 15.5 Å². The third-order valence-corrected chi connectivity index (χ3v) is 2.83. The molecule has 100 valence electrons. The van der Waals surface area contributed by atoms with E-state index in [1.807, 2.05) is 6.07 Å². The number of benzene rings is 1. The van der Waals surface area contributed by atoms with Crippen molar-refractivity contribution in [1.29, 1.82) is 0 Å². The first-order valence-electron chi connectivity index (χ1n) is 5.61. The van der Waals surface area contributed by atoms with E-state index >= 15 is 0 Å². The van der Waals surface area contributed by atoms with Gasteiger partial charge in [0, 0.05) is 0 Å². The first kappa shape index (κ1) is 13.5. The number of carbonyl (C=O) groups is 1. The third-order valence-electron chi connectivity index (χ3n) is 2.50. The number of hydrogen-bond acceptors (Lipinski definition) is 5. The van der Waals surface area contributed by atoms with Crippen LogP contribution in [0, 0.1) is 0 Å². The van der Waals surface area contributed by atoms with E-state index in [4.69, 9.17) is 21.1 Å². The van der Waals surface area contributed by atoms with Gasteiger partial charge in [0.05, 0.1) is 17.1 Å². The molecule has 0 bridgehead atoms. The highest BCUT2D eigenvalue weighted by atomic mass is 35.5. The Bertz CT molecular complexity index is 585. The van der Waals surface area contributed by atoms with E-state index in [0.717, 1.165) is 0 Å². The Morgan fingerprint density at radius 2 is 2.21 bits per heavy atom. The highest BCUT2D eigenvalue weighted by Gasteiger charge is 2.14. The van der Waals surface area contributed by atoms with Crippen molar-refractivity contribution in [3.05, 3.63) is 35.2 Å². The summed E-state index contributed by atoms with van der Waals surface area (Å²) in [5.41, 5.74) is 0.647. The summed E-state index contributed by atoms with van der Waals surface area (Å²) in [5.74, 6) is -0.320. The van der Waals surface area contributed by atoms with E-state index in [1.165, 1.54) is 6.92 Å². The molecule has 0 aliphatic carbocycles. The predicted octanol–water partition coefficient (Wildman–Crippen LogP) is 1.95. The molecule has 0 amide bonds. The van der Waals surface area contributed by atoms with Gasteiger partial charge in [-0.15, -0.1) is 10.2 Å². The second kappa shape index (κ2) is 5.81. The highest BCUT2D eigenvalue weighted by Crippen LogP contribution is 2.26. The van der Waals surface area contributed by atoms with Crippen molar-refractivity contribution in [2.24, 2.45) is 0 Å². The van der Waals surface area contributed by atoms with Gasteiger partial charge in [0.2, 0.25) is 11.8 Å². The zero-order chi connectivity index (χ0) is 13.8. The zero-order valence-electron chi connectivity index (χ0n) is 10.1. The quantitative estimate of drug-likeness (QED) is 0.871. The number of aliphatic carboxylic acids is 1. The fourth-order valence-electron chi connectivity index (χ4n) is 1.40. The summed E-state index contributed by atoms with van der Waals surface area (Å²) in [5, 5.41) is 19.7. The lowest BCUT2D eigenvalue weighted by molar-refractivity contribution is -0.139.